The van der Waals surface area contributed by atoms with Gasteiger partial charge in [0.05, 0.1) is 16.1 Å². The van der Waals surface area contributed by atoms with E-state index in [0.717, 1.165) is 11.8 Å². The zero-order chi connectivity index (χ0) is 28.4. The Bertz CT molecular complexity index is 1450. The molecule has 1 aromatic carbocycles. The number of primary amides is 1. The Kier molecular flexibility index (Phi) is 7.92. The van der Waals surface area contributed by atoms with Crippen LogP contribution in [-0.2, 0) is 21.2 Å². The number of carbonyl (C=O) groups excluding carboxylic acids is 2. The molecule has 39 heavy (non-hydrogen) atoms. The van der Waals surface area contributed by atoms with Crippen molar-refractivity contribution >= 4 is 52.6 Å². The lowest BCUT2D eigenvalue weighted by atomic mass is 9.92. The highest BCUT2D eigenvalue weighted by molar-refractivity contribution is 7.15. The number of aliphatic imine (C=N–C) groups is 1. The van der Waals surface area contributed by atoms with Crippen molar-refractivity contribution in [3.05, 3.63) is 51.9 Å². The van der Waals surface area contributed by atoms with Crippen molar-refractivity contribution in [3.8, 4) is 10.4 Å². The number of hydrogen-bond donors (Lipinski definition) is 4. The maximum Gasteiger partial charge on any atom is 0.435 e. The van der Waals surface area contributed by atoms with E-state index in [1.54, 1.807) is 18.3 Å². The molecule has 3 aromatic rings. The molecule has 0 saturated carbocycles. The number of aryl methyl sites for hydroxylation is 1. The predicted octanol–water partition coefficient (Wildman–Crippen LogP) is 4.23. The van der Waals surface area contributed by atoms with Crippen LogP contribution in [0.1, 0.15) is 35.5 Å². The predicted molar refractivity (Wildman–Crippen MR) is 138 cm³/mol. The summed E-state index contributed by atoms with van der Waals surface area (Å²) < 4.78 is 44.4. The van der Waals surface area contributed by atoms with Crippen molar-refractivity contribution in [2.75, 3.05) is 11.9 Å². The van der Waals surface area contributed by atoms with Gasteiger partial charge >= 0.3 is 12.3 Å². The number of amides is 2. The topological polar surface area (TPSA) is 170 Å². The van der Waals surface area contributed by atoms with Gasteiger partial charge in [-0.05, 0) is 43.0 Å². The Hall–Kier alpha value is -3.98. The van der Waals surface area contributed by atoms with Crippen LogP contribution in [-0.4, -0.2) is 39.5 Å². The van der Waals surface area contributed by atoms with Crippen molar-refractivity contribution in [2.24, 2.45) is 16.5 Å². The van der Waals surface area contributed by atoms with Crippen molar-refractivity contribution in [2.45, 2.75) is 37.9 Å². The molecule has 1 saturated heterocycles. The van der Waals surface area contributed by atoms with Crippen LogP contribution in [0.15, 0.2) is 35.6 Å². The molecule has 0 radical (unpaired) electrons. The molecule has 4 rings (SSSR count). The smallest absolute Gasteiger partial charge is 0.376 e. The first-order chi connectivity index (χ1) is 18.3. The fraction of sp³-hybridized carbons (Fsp3) is 0.304. The van der Waals surface area contributed by atoms with E-state index in [1.165, 1.54) is 11.3 Å². The lowest BCUT2D eigenvalue weighted by Gasteiger charge is -2.25. The summed E-state index contributed by atoms with van der Waals surface area (Å²) in [6.07, 6.45) is -2.64. The third-order valence-electron chi connectivity index (χ3n) is 5.69. The third kappa shape index (κ3) is 6.72. The average molecular weight is 583 g/mol. The zero-order valence-corrected chi connectivity index (χ0v) is 21.9. The van der Waals surface area contributed by atoms with Crippen molar-refractivity contribution < 1.29 is 27.5 Å². The van der Waals surface area contributed by atoms with Gasteiger partial charge in [-0.3, -0.25) is 4.79 Å². The van der Waals surface area contributed by atoms with Crippen LogP contribution in [0.2, 0.25) is 5.02 Å². The number of hydrogen-bond acceptors (Lipinski definition) is 9. The van der Waals surface area contributed by atoms with E-state index in [-0.39, 0.29) is 24.7 Å². The van der Waals surface area contributed by atoms with Gasteiger partial charge < -0.3 is 26.8 Å². The minimum atomic E-state index is -4.74. The van der Waals surface area contributed by atoms with Crippen LogP contribution in [0.3, 0.4) is 0 Å². The highest BCUT2D eigenvalue weighted by Crippen LogP contribution is 2.41. The molecule has 16 heteroatoms. The molecule has 206 valence electrons. The summed E-state index contributed by atoms with van der Waals surface area (Å²) in [5.74, 6) is -0.437. The molecule has 6 N–H and O–H groups in total. The number of aromatic nitrogens is 3. The summed E-state index contributed by atoms with van der Waals surface area (Å²) in [6, 6.07) is 4.84. The molecule has 0 bridgehead atoms. The largest absolute Gasteiger partial charge is 0.435 e. The highest BCUT2D eigenvalue weighted by atomic mass is 35.5. The van der Waals surface area contributed by atoms with E-state index in [2.05, 4.69) is 30.6 Å². The first kappa shape index (κ1) is 28.0. The number of anilines is 2. The second-order valence-corrected chi connectivity index (χ2v) is 10.1. The monoisotopic (exact) mass is 582 g/mol. The Labute approximate surface area is 228 Å². The molecule has 2 amide bonds. The molecular weight excluding hydrogens is 561 g/mol. The lowest BCUT2D eigenvalue weighted by molar-refractivity contribution is -0.141. The normalized spacial score (nSPS) is 18.3. The van der Waals surface area contributed by atoms with E-state index in [1.807, 2.05) is 13.0 Å². The molecule has 2 aromatic heterocycles. The van der Waals surface area contributed by atoms with E-state index in [9.17, 15) is 22.8 Å². The second-order valence-electron chi connectivity index (χ2n) is 8.63. The molecule has 1 unspecified atom stereocenters. The number of nitrogens with zero attached hydrogens (tertiary/aromatic N) is 4. The number of carbonyl (C=O) groups is 2. The minimum absolute atomic E-state index is 0.141. The highest BCUT2D eigenvalue weighted by Gasteiger charge is 2.38. The minimum Gasteiger partial charge on any atom is -0.376 e. The van der Waals surface area contributed by atoms with E-state index < -0.39 is 34.5 Å². The van der Waals surface area contributed by atoms with Gasteiger partial charge in [0, 0.05) is 24.8 Å². The maximum atomic E-state index is 13.2. The van der Waals surface area contributed by atoms with Crippen LogP contribution in [0.25, 0.3) is 10.4 Å². The van der Waals surface area contributed by atoms with Crippen LogP contribution >= 0.6 is 22.9 Å². The van der Waals surface area contributed by atoms with Crippen molar-refractivity contribution in [1.82, 2.24) is 20.3 Å². The fourth-order valence-electron chi connectivity index (χ4n) is 4.03. The van der Waals surface area contributed by atoms with E-state index >= 15 is 0 Å². The molecule has 0 spiro atoms. The summed E-state index contributed by atoms with van der Waals surface area (Å²) in [7, 11) is 0. The Morgan fingerprint density at radius 3 is 2.72 bits per heavy atom. The summed E-state index contributed by atoms with van der Waals surface area (Å²) in [4.78, 5) is 40.2. The van der Waals surface area contributed by atoms with Crippen LogP contribution in [0.5, 0.6) is 0 Å². The van der Waals surface area contributed by atoms with Gasteiger partial charge in [-0.1, -0.05) is 17.7 Å². The van der Waals surface area contributed by atoms with E-state index in [4.69, 9.17) is 27.8 Å². The number of ether oxygens (including phenoxy) is 1. The van der Waals surface area contributed by atoms with E-state index in [0.29, 0.717) is 34.1 Å². The summed E-state index contributed by atoms with van der Waals surface area (Å²) in [5.41, 5.74) is 10.5. The lowest BCUT2D eigenvalue weighted by Crippen LogP contribution is -2.32. The number of alkyl halides is 3. The molecule has 1 aliphatic heterocycles. The second kappa shape index (κ2) is 11.0. The molecule has 11 nitrogen and oxygen atoms in total. The number of halogens is 4. The van der Waals surface area contributed by atoms with Crippen LogP contribution in [0, 0.1) is 6.92 Å². The number of nitrogens with two attached hydrogens (primary N) is 2. The van der Waals surface area contributed by atoms with Gasteiger partial charge in [-0.2, -0.15) is 13.2 Å². The first-order valence-electron chi connectivity index (χ1n) is 11.4. The number of thiazole rings is 1. The summed E-state index contributed by atoms with van der Waals surface area (Å²) >= 11 is 6.90. The van der Waals surface area contributed by atoms with Crippen molar-refractivity contribution in [1.29, 1.82) is 0 Å². The van der Waals surface area contributed by atoms with Crippen LogP contribution in [0.4, 0.5) is 29.6 Å². The Morgan fingerprint density at radius 2 is 2.00 bits per heavy atom. The van der Waals surface area contributed by atoms with Crippen LogP contribution < -0.4 is 22.1 Å². The quantitative estimate of drug-likeness (QED) is 0.256. The van der Waals surface area contributed by atoms with Gasteiger partial charge in [0.15, 0.2) is 5.69 Å². The third-order valence-corrected chi connectivity index (χ3v) is 7.21. The SMILES string of the molecule is Cc1cc(Nc2ncc(Cl)c(C(F)(F)F)n2)cc(-c2cnc(C3(N=C(N)OC(N)=O)CCNC(=O)CC3)s2)c1. The Balaban J connectivity index is 1.68. The van der Waals surface area contributed by atoms with Gasteiger partial charge in [0.2, 0.25) is 11.9 Å². The van der Waals surface area contributed by atoms with Gasteiger partial charge in [0.1, 0.15) is 10.5 Å². The number of amidine groups is 1. The molecule has 1 fully saturated rings. The Morgan fingerprint density at radius 1 is 1.23 bits per heavy atom. The summed E-state index contributed by atoms with van der Waals surface area (Å²) in [6.45, 7) is 2.11. The van der Waals surface area contributed by atoms with Gasteiger partial charge in [-0.25, -0.2) is 24.7 Å². The fourth-order valence-corrected chi connectivity index (χ4v) is 5.32. The molecule has 3 heterocycles. The van der Waals surface area contributed by atoms with Gasteiger partial charge in [0.25, 0.3) is 6.02 Å². The number of rotatable bonds is 5. The average Bonchev–Trinajstić information content (AvgIpc) is 3.26. The zero-order valence-electron chi connectivity index (χ0n) is 20.3. The van der Waals surface area contributed by atoms with Crippen molar-refractivity contribution in [3.63, 3.8) is 0 Å². The van der Waals surface area contributed by atoms with Gasteiger partial charge in [-0.15, -0.1) is 11.3 Å². The molecule has 1 atom stereocenters. The maximum absolute atomic E-state index is 13.2. The molecule has 0 aliphatic carbocycles. The number of benzene rings is 1. The standard InChI is InChI=1S/C23H22ClF3N8O3S/c1-11-6-12(8-13(7-11)33-21-32-9-14(24)17(34-21)23(25,26)27)15-10-31-18(39-15)22(35-19(28)38-20(29)37)3-2-16(36)30-5-4-22/h6-10H,2-5H2,1H3,(H2,28,35)(H2,29,37)(H,30,36)(H,32,33,34). The molecule has 1 aliphatic rings. The summed E-state index contributed by atoms with van der Waals surface area (Å²) in [5, 5.41) is 5.48. The number of nitrogens with one attached hydrogen (secondary N) is 2. The first-order valence-corrected chi connectivity index (χ1v) is 12.6. The molecular formula is C23H22ClF3N8O3S.